The van der Waals surface area contributed by atoms with Gasteiger partial charge in [0.2, 0.25) is 5.95 Å². The first-order valence-corrected chi connectivity index (χ1v) is 6.31. The van der Waals surface area contributed by atoms with Crippen LogP contribution >= 0.6 is 0 Å². The summed E-state index contributed by atoms with van der Waals surface area (Å²) in [5.41, 5.74) is 3.65. The van der Waals surface area contributed by atoms with Gasteiger partial charge in [-0.3, -0.25) is 0 Å². The van der Waals surface area contributed by atoms with Crippen molar-refractivity contribution < 1.29 is 4.74 Å². The zero-order valence-electron chi connectivity index (χ0n) is 11.6. The number of hydrogen-bond acceptors (Lipinski definition) is 5. The summed E-state index contributed by atoms with van der Waals surface area (Å²) in [4.78, 5) is 15.7. The SMILES string of the molecule is CNc1nc(Oc2ccc(C)c(C)c2)c2[nH]cnc2n1. The number of benzene rings is 1. The number of imidazole rings is 1. The van der Waals surface area contributed by atoms with E-state index >= 15 is 0 Å². The van der Waals surface area contributed by atoms with Gasteiger partial charge >= 0.3 is 0 Å². The van der Waals surface area contributed by atoms with E-state index in [0.29, 0.717) is 23.0 Å². The summed E-state index contributed by atoms with van der Waals surface area (Å²) in [6, 6.07) is 5.93. The Hall–Kier alpha value is -2.63. The molecule has 0 unspecified atom stereocenters. The summed E-state index contributed by atoms with van der Waals surface area (Å²) >= 11 is 0. The van der Waals surface area contributed by atoms with Gasteiger partial charge in [-0.25, -0.2) is 4.98 Å². The zero-order chi connectivity index (χ0) is 14.1. The Kier molecular flexibility index (Phi) is 2.98. The number of H-pyrrole nitrogens is 1. The molecule has 0 saturated heterocycles. The fraction of sp³-hybridized carbons (Fsp3) is 0.214. The second kappa shape index (κ2) is 4.80. The molecule has 0 atom stereocenters. The van der Waals surface area contributed by atoms with E-state index in [0.717, 1.165) is 5.75 Å². The highest BCUT2D eigenvalue weighted by Gasteiger charge is 2.11. The lowest BCUT2D eigenvalue weighted by Crippen LogP contribution is -1.99. The molecule has 0 amide bonds. The predicted octanol–water partition coefficient (Wildman–Crippen LogP) is 2.80. The highest BCUT2D eigenvalue weighted by atomic mass is 16.5. The molecule has 0 aliphatic heterocycles. The molecule has 20 heavy (non-hydrogen) atoms. The molecule has 0 bridgehead atoms. The fourth-order valence-electron chi connectivity index (χ4n) is 1.88. The fourth-order valence-corrected chi connectivity index (χ4v) is 1.88. The number of fused-ring (bicyclic) bond motifs is 1. The topological polar surface area (TPSA) is 75.7 Å². The van der Waals surface area contributed by atoms with E-state index in [-0.39, 0.29) is 0 Å². The van der Waals surface area contributed by atoms with Crippen LogP contribution in [0.5, 0.6) is 11.6 Å². The van der Waals surface area contributed by atoms with Crippen LogP contribution in [0.15, 0.2) is 24.5 Å². The van der Waals surface area contributed by atoms with Crippen LogP contribution < -0.4 is 10.1 Å². The monoisotopic (exact) mass is 269 g/mol. The Morgan fingerprint density at radius 1 is 1.15 bits per heavy atom. The quantitative estimate of drug-likeness (QED) is 0.764. The van der Waals surface area contributed by atoms with Crippen LogP contribution in [0.3, 0.4) is 0 Å². The first-order valence-electron chi connectivity index (χ1n) is 6.31. The van der Waals surface area contributed by atoms with Gasteiger partial charge in [0.25, 0.3) is 5.88 Å². The Morgan fingerprint density at radius 3 is 2.75 bits per heavy atom. The number of rotatable bonds is 3. The number of nitrogens with one attached hydrogen (secondary N) is 2. The number of aryl methyl sites for hydroxylation is 2. The maximum Gasteiger partial charge on any atom is 0.250 e. The molecule has 2 heterocycles. The van der Waals surface area contributed by atoms with Gasteiger partial charge in [0.15, 0.2) is 5.65 Å². The molecule has 0 radical (unpaired) electrons. The summed E-state index contributed by atoms with van der Waals surface area (Å²) in [7, 11) is 1.76. The van der Waals surface area contributed by atoms with E-state index in [2.05, 4.69) is 32.2 Å². The van der Waals surface area contributed by atoms with Crippen LogP contribution in [-0.2, 0) is 0 Å². The Bertz CT molecular complexity index is 765. The summed E-state index contributed by atoms with van der Waals surface area (Å²) in [5, 5.41) is 2.90. The summed E-state index contributed by atoms with van der Waals surface area (Å²) in [6.45, 7) is 4.11. The van der Waals surface area contributed by atoms with Crippen molar-refractivity contribution in [2.75, 3.05) is 12.4 Å². The van der Waals surface area contributed by atoms with Gasteiger partial charge in [-0.2, -0.15) is 9.97 Å². The molecule has 6 nitrogen and oxygen atoms in total. The van der Waals surface area contributed by atoms with Crippen molar-refractivity contribution in [3.8, 4) is 11.6 Å². The molecule has 6 heteroatoms. The average Bonchev–Trinajstić information content (AvgIpc) is 2.91. The number of nitrogens with zero attached hydrogens (tertiary/aromatic N) is 3. The minimum Gasteiger partial charge on any atom is -0.437 e. The minimum absolute atomic E-state index is 0.458. The maximum absolute atomic E-state index is 5.87. The smallest absolute Gasteiger partial charge is 0.250 e. The maximum atomic E-state index is 5.87. The van der Waals surface area contributed by atoms with Crippen molar-refractivity contribution >= 4 is 17.1 Å². The van der Waals surface area contributed by atoms with E-state index in [1.54, 1.807) is 13.4 Å². The van der Waals surface area contributed by atoms with E-state index in [1.165, 1.54) is 11.1 Å². The third-order valence-corrected chi connectivity index (χ3v) is 3.17. The zero-order valence-corrected chi connectivity index (χ0v) is 11.6. The highest BCUT2D eigenvalue weighted by molar-refractivity contribution is 5.77. The van der Waals surface area contributed by atoms with E-state index in [4.69, 9.17) is 4.74 Å². The molecule has 0 aliphatic rings. The van der Waals surface area contributed by atoms with E-state index in [9.17, 15) is 0 Å². The second-order valence-electron chi connectivity index (χ2n) is 4.55. The second-order valence-corrected chi connectivity index (χ2v) is 4.55. The Labute approximate surface area is 116 Å². The van der Waals surface area contributed by atoms with Crippen LogP contribution in [0.4, 0.5) is 5.95 Å². The predicted molar refractivity (Wildman–Crippen MR) is 77.2 cm³/mol. The summed E-state index contributed by atoms with van der Waals surface area (Å²) in [5.74, 6) is 1.67. The normalized spacial score (nSPS) is 10.8. The van der Waals surface area contributed by atoms with E-state index in [1.807, 2.05) is 25.1 Å². The number of aromatic amines is 1. The van der Waals surface area contributed by atoms with Gasteiger partial charge in [-0.05, 0) is 37.1 Å². The van der Waals surface area contributed by atoms with Gasteiger partial charge in [0, 0.05) is 7.05 Å². The first-order chi connectivity index (χ1) is 9.67. The highest BCUT2D eigenvalue weighted by Crippen LogP contribution is 2.27. The molecule has 0 saturated carbocycles. The Balaban J connectivity index is 2.04. The minimum atomic E-state index is 0.458. The third-order valence-electron chi connectivity index (χ3n) is 3.17. The number of anilines is 1. The van der Waals surface area contributed by atoms with Crippen LogP contribution in [0.1, 0.15) is 11.1 Å². The van der Waals surface area contributed by atoms with Crippen molar-refractivity contribution in [2.45, 2.75) is 13.8 Å². The van der Waals surface area contributed by atoms with Gasteiger partial charge in [-0.1, -0.05) is 6.07 Å². The molecule has 102 valence electrons. The van der Waals surface area contributed by atoms with Crippen molar-refractivity contribution in [3.05, 3.63) is 35.7 Å². The lowest BCUT2D eigenvalue weighted by atomic mass is 10.1. The molecule has 1 aromatic carbocycles. The lowest BCUT2D eigenvalue weighted by Gasteiger charge is -2.08. The largest absolute Gasteiger partial charge is 0.437 e. The van der Waals surface area contributed by atoms with Gasteiger partial charge in [0.05, 0.1) is 6.33 Å². The molecular formula is C14H15N5O. The molecule has 0 spiro atoms. The lowest BCUT2D eigenvalue weighted by molar-refractivity contribution is 0.467. The van der Waals surface area contributed by atoms with Crippen LogP contribution in [0.2, 0.25) is 0 Å². The first kappa shape index (κ1) is 12.4. The Morgan fingerprint density at radius 2 is 2.00 bits per heavy atom. The number of hydrogen-bond donors (Lipinski definition) is 2. The average molecular weight is 269 g/mol. The van der Waals surface area contributed by atoms with Gasteiger partial charge < -0.3 is 15.0 Å². The molecule has 0 aliphatic carbocycles. The molecule has 3 aromatic rings. The number of ether oxygens (including phenoxy) is 1. The summed E-state index contributed by atoms with van der Waals surface area (Å²) < 4.78 is 5.87. The molecular weight excluding hydrogens is 254 g/mol. The standard InChI is InChI=1S/C14H15N5O/c1-8-4-5-10(6-9(8)2)20-13-11-12(17-7-16-11)18-14(15-3)19-13/h4-7H,1-3H3,(H2,15,16,17,18,19). The van der Waals surface area contributed by atoms with Crippen molar-refractivity contribution in [2.24, 2.45) is 0 Å². The van der Waals surface area contributed by atoms with E-state index < -0.39 is 0 Å². The molecule has 2 N–H and O–H groups in total. The molecule has 3 rings (SSSR count). The van der Waals surface area contributed by atoms with Crippen molar-refractivity contribution in [1.29, 1.82) is 0 Å². The van der Waals surface area contributed by atoms with Gasteiger partial charge in [0.1, 0.15) is 11.3 Å². The van der Waals surface area contributed by atoms with Crippen LogP contribution in [0, 0.1) is 13.8 Å². The molecule has 2 aromatic heterocycles. The third kappa shape index (κ3) is 2.16. The summed E-state index contributed by atoms with van der Waals surface area (Å²) in [6.07, 6.45) is 1.58. The van der Waals surface area contributed by atoms with Crippen molar-refractivity contribution in [3.63, 3.8) is 0 Å². The van der Waals surface area contributed by atoms with Crippen molar-refractivity contribution in [1.82, 2.24) is 19.9 Å². The van der Waals surface area contributed by atoms with Crippen LogP contribution in [0.25, 0.3) is 11.2 Å². The number of aromatic nitrogens is 4. The molecule has 0 fully saturated rings. The van der Waals surface area contributed by atoms with Gasteiger partial charge in [-0.15, -0.1) is 0 Å². The van der Waals surface area contributed by atoms with Crippen LogP contribution in [-0.4, -0.2) is 27.0 Å².